The molecule has 20 heavy (non-hydrogen) atoms. The van der Waals surface area contributed by atoms with Crippen LogP contribution in [-0.2, 0) is 0 Å². The first kappa shape index (κ1) is 15.5. The van der Waals surface area contributed by atoms with Gasteiger partial charge in [-0.2, -0.15) is 0 Å². The Morgan fingerprint density at radius 2 is 1.95 bits per heavy atom. The van der Waals surface area contributed by atoms with E-state index in [9.17, 15) is 0 Å². The summed E-state index contributed by atoms with van der Waals surface area (Å²) in [5, 5.41) is 0. The minimum absolute atomic E-state index is 0.135. The van der Waals surface area contributed by atoms with E-state index in [1.165, 1.54) is 11.1 Å². The minimum Gasteiger partial charge on any atom is -0.326 e. The molecular weight excluding hydrogens is 246 g/mol. The first-order valence-electron chi connectivity index (χ1n) is 7.59. The van der Waals surface area contributed by atoms with Gasteiger partial charge >= 0.3 is 0 Å². The van der Waals surface area contributed by atoms with E-state index < -0.39 is 0 Å². The lowest BCUT2D eigenvalue weighted by Gasteiger charge is -2.49. The molecule has 1 aromatic rings. The van der Waals surface area contributed by atoms with Gasteiger partial charge in [-0.25, -0.2) is 0 Å². The SMILES string of the molecule is Cc1cccc(C(C(C)N)N2CCN(C)C(C)(C)C2)c1. The number of nitrogens with two attached hydrogens (primary N) is 1. The molecule has 1 aromatic carbocycles. The molecule has 1 heterocycles. The van der Waals surface area contributed by atoms with Crippen LogP contribution >= 0.6 is 0 Å². The Morgan fingerprint density at radius 1 is 1.25 bits per heavy atom. The molecule has 0 spiro atoms. The number of nitrogens with zero attached hydrogens (tertiary/aromatic N) is 2. The molecule has 3 heteroatoms. The van der Waals surface area contributed by atoms with Crippen LogP contribution in [0.15, 0.2) is 24.3 Å². The number of rotatable bonds is 3. The summed E-state index contributed by atoms with van der Waals surface area (Å²) in [5.74, 6) is 0. The van der Waals surface area contributed by atoms with Gasteiger partial charge in [-0.1, -0.05) is 29.8 Å². The fraction of sp³-hybridized carbons (Fsp3) is 0.647. The van der Waals surface area contributed by atoms with Crippen LogP contribution in [-0.4, -0.2) is 48.1 Å². The van der Waals surface area contributed by atoms with Crippen LogP contribution in [0.5, 0.6) is 0 Å². The van der Waals surface area contributed by atoms with Crippen molar-refractivity contribution in [1.29, 1.82) is 0 Å². The smallest absolute Gasteiger partial charge is 0.0497 e. The van der Waals surface area contributed by atoms with E-state index in [0.717, 1.165) is 19.6 Å². The second kappa shape index (κ2) is 5.84. The molecule has 2 atom stereocenters. The Morgan fingerprint density at radius 3 is 2.50 bits per heavy atom. The van der Waals surface area contributed by atoms with Crippen molar-refractivity contribution in [3.8, 4) is 0 Å². The van der Waals surface area contributed by atoms with Gasteiger partial charge in [0.1, 0.15) is 0 Å². The number of aryl methyl sites for hydroxylation is 1. The van der Waals surface area contributed by atoms with Gasteiger partial charge in [0.2, 0.25) is 0 Å². The van der Waals surface area contributed by atoms with E-state index in [1.807, 2.05) is 0 Å². The molecule has 0 amide bonds. The maximum atomic E-state index is 6.32. The fourth-order valence-electron chi connectivity index (χ4n) is 3.22. The van der Waals surface area contributed by atoms with Crippen molar-refractivity contribution in [1.82, 2.24) is 9.80 Å². The molecule has 2 unspecified atom stereocenters. The first-order chi connectivity index (χ1) is 9.31. The van der Waals surface area contributed by atoms with E-state index in [0.29, 0.717) is 6.04 Å². The Bertz CT molecular complexity index is 453. The number of hydrogen-bond acceptors (Lipinski definition) is 3. The highest BCUT2D eigenvalue weighted by molar-refractivity contribution is 5.26. The minimum atomic E-state index is 0.135. The van der Waals surface area contributed by atoms with Crippen molar-refractivity contribution in [2.24, 2.45) is 5.73 Å². The third kappa shape index (κ3) is 3.22. The Kier molecular flexibility index (Phi) is 4.52. The Hall–Kier alpha value is -0.900. The average molecular weight is 275 g/mol. The van der Waals surface area contributed by atoms with Crippen LogP contribution in [0.25, 0.3) is 0 Å². The van der Waals surface area contributed by atoms with Gasteiger partial charge in [0, 0.05) is 37.3 Å². The van der Waals surface area contributed by atoms with Crippen molar-refractivity contribution in [3.63, 3.8) is 0 Å². The van der Waals surface area contributed by atoms with Crippen LogP contribution in [0.3, 0.4) is 0 Å². The van der Waals surface area contributed by atoms with E-state index in [-0.39, 0.29) is 11.6 Å². The molecular formula is C17H29N3. The maximum absolute atomic E-state index is 6.32. The van der Waals surface area contributed by atoms with E-state index in [4.69, 9.17) is 5.73 Å². The zero-order valence-corrected chi connectivity index (χ0v) is 13.6. The number of piperazine rings is 1. The molecule has 1 saturated heterocycles. The van der Waals surface area contributed by atoms with Gasteiger partial charge in [0.15, 0.2) is 0 Å². The summed E-state index contributed by atoms with van der Waals surface area (Å²) < 4.78 is 0. The van der Waals surface area contributed by atoms with Crippen LogP contribution in [0, 0.1) is 6.92 Å². The summed E-state index contributed by atoms with van der Waals surface area (Å²) in [5.41, 5.74) is 9.18. The predicted molar refractivity (Wildman–Crippen MR) is 85.9 cm³/mol. The van der Waals surface area contributed by atoms with Gasteiger partial charge in [-0.3, -0.25) is 9.80 Å². The molecule has 1 aliphatic rings. The predicted octanol–water partition coefficient (Wildman–Crippen LogP) is 2.41. The molecule has 0 aliphatic carbocycles. The summed E-state index contributed by atoms with van der Waals surface area (Å²) in [6.45, 7) is 12.1. The molecule has 1 aliphatic heterocycles. The lowest BCUT2D eigenvalue weighted by atomic mass is 9.92. The van der Waals surface area contributed by atoms with Crippen molar-refractivity contribution in [2.75, 3.05) is 26.7 Å². The molecule has 0 aromatic heterocycles. The summed E-state index contributed by atoms with van der Waals surface area (Å²) in [6, 6.07) is 9.22. The Labute approximate surface area is 123 Å². The van der Waals surface area contributed by atoms with Crippen LogP contribution in [0.2, 0.25) is 0 Å². The third-order valence-electron chi connectivity index (χ3n) is 4.62. The Balaban J connectivity index is 2.26. The second-order valence-corrected chi connectivity index (χ2v) is 6.92. The van der Waals surface area contributed by atoms with Crippen molar-refractivity contribution < 1.29 is 0 Å². The van der Waals surface area contributed by atoms with E-state index >= 15 is 0 Å². The first-order valence-corrected chi connectivity index (χ1v) is 7.59. The molecule has 0 radical (unpaired) electrons. The highest BCUT2D eigenvalue weighted by Gasteiger charge is 2.35. The van der Waals surface area contributed by atoms with Gasteiger partial charge in [-0.05, 0) is 40.3 Å². The van der Waals surface area contributed by atoms with Crippen molar-refractivity contribution in [2.45, 2.75) is 45.3 Å². The summed E-state index contributed by atoms with van der Waals surface area (Å²) >= 11 is 0. The highest BCUT2D eigenvalue weighted by Crippen LogP contribution is 2.29. The van der Waals surface area contributed by atoms with Crippen molar-refractivity contribution in [3.05, 3.63) is 35.4 Å². The average Bonchev–Trinajstić information content (AvgIpc) is 2.33. The van der Waals surface area contributed by atoms with Crippen LogP contribution in [0.1, 0.15) is 37.9 Å². The van der Waals surface area contributed by atoms with E-state index in [2.05, 4.69) is 68.8 Å². The van der Waals surface area contributed by atoms with Gasteiger partial charge in [-0.15, -0.1) is 0 Å². The van der Waals surface area contributed by atoms with Crippen molar-refractivity contribution >= 4 is 0 Å². The zero-order valence-electron chi connectivity index (χ0n) is 13.6. The molecule has 112 valence electrons. The van der Waals surface area contributed by atoms with Gasteiger partial charge in [0.25, 0.3) is 0 Å². The number of likely N-dealkylation sites (N-methyl/N-ethyl adjacent to an activating group) is 1. The number of hydrogen-bond donors (Lipinski definition) is 1. The third-order valence-corrected chi connectivity index (χ3v) is 4.62. The topological polar surface area (TPSA) is 32.5 Å². The highest BCUT2D eigenvalue weighted by atomic mass is 15.3. The van der Waals surface area contributed by atoms with Gasteiger partial charge in [0.05, 0.1) is 0 Å². The molecule has 0 bridgehead atoms. The van der Waals surface area contributed by atoms with Crippen LogP contribution in [0.4, 0.5) is 0 Å². The standard InChI is InChI=1S/C17H29N3/c1-13-7-6-8-15(11-13)16(14(2)18)20-10-9-19(5)17(3,4)12-20/h6-8,11,14,16H,9-10,12,18H2,1-5H3. The molecule has 0 saturated carbocycles. The second-order valence-electron chi connectivity index (χ2n) is 6.92. The zero-order chi connectivity index (χ0) is 14.9. The fourth-order valence-corrected chi connectivity index (χ4v) is 3.22. The molecule has 2 N–H and O–H groups in total. The lowest BCUT2D eigenvalue weighted by molar-refractivity contribution is 0.0112. The van der Waals surface area contributed by atoms with E-state index in [1.54, 1.807) is 0 Å². The molecule has 3 nitrogen and oxygen atoms in total. The quantitative estimate of drug-likeness (QED) is 0.919. The largest absolute Gasteiger partial charge is 0.326 e. The van der Waals surface area contributed by atoms with Gasteiger partial charge < -0.3 is 5.73 Å². The molecule has 2 rings (SSSR count). The summed E-state index contributed by atoms with van der Waals surface area (Å²) in [4.78, 5) is 5.00. The van der Waals surface area contributed by atoms with Crippen LogP contribution < -0.4 is 5.73 Å². The summed E-state index contributed by atoms with van der Waals surface area (Å²) in [6.07, 6.45) is 0. The molecule has 1 fully saturated rings. The summed E-state index contributed by atoms with van der Waals surface area (Å²) in [7, 11) is 2.21. The lowest BCUT2D eigenvalue weighted by Crippen LogP contribution is -2.59. The monoisotopic (exact) mass is 275 g/mol. The maximum Gasteiger partial charge on any atom is 0.0497 e. The number of benzene rings is 1. The normalized spacial score (nSPS) is 23.5.